The first kappa shape index (κ1) is 21.6. The summed E-state index contributed by atoms with van der Waals surface area (Å²) in [7, 11) is 1.61. The van der Waals surface area contributed by atoms with Crippen LogP contribution in [0.2, 0.25) is 0 Å². The van der Waals surface area contributed by atoms with Crippen molar-refractivity contribution in [2.24, 2.45) is 0 Å². The number of aryl methyl sites for hydroxylation is 1. The third-order valence-corrected chi connectivity index (χ3v) is 5.47. The topological polar surface area (TPSA) is 79.4 Å². The van der Waals surface area contributed by atoms with Crippen LogP contribution in [0.25, 0.3) is 0 Å². The Hall–Kier alpha value is -3.61. The molecule has 7 nitrogen and oxygen atoms in total. The summed E-state index contributed by atoms with van der Waals surface area (Å²) in [6.45, 7) is 4.00. The molecule has 7 heteroatoms. The molecule has 166 valence electrons. The number of carbonyl (C=O) groups is 1. The number of rotatable bonds is 7. The van der Waals surface area contributed by atoms with E-state index in [0.29, 0.717) is 5.75 Å². The quantitative estimate of drug-likeness (QED) is 0.564. The summed E-state index contributed by atoms with van der Waals surface area (Å²) in [6.07, 6.45) is 3.90. The third kappa shape index (κ3) is 5.55. The number of nitrogens with one attached hydrogen (secondary N) is 2. The van der Waals surface area contributed by atoms with Crippen molar-refractivity contribution in [1.82, 2.24) is 9.97 Å². The number of benzene rings is 2. The Balaban J connectivity index is 1.38. The van der Waals surface area contributed by atoms with Crippen LogP contribution in [0.1, 0.15) is 30.5 Å². The van der Waals surface area contributed by atoms with E-state index in [0.717, 1.165) is 47.5 Å². The zero-order chi connectivity index (χ0) is 22.3. The number of piperidine rings is 1. The number of hydrogen-bond acceptors (Lipinski definition) is 6. The van der Waals surface area contributed by atoms with Crippen LogP contribution in [-0.4, -0.2) is 36.1 Å². The Morgan fingerprint density at radius 1 is 1.00 bits per heavy atom. The van der Waals surface area contributed by atoms with Gasteiger partial charge in [0.25, 0.3) is 0 Å². The Morgan fingerprint density at radius 2 is 1.72 bits per heavy atom. The fourth-order valence-electron chi connectivity index (χ4n) is 3.86. The van der Waals surface area contributed by atoms with Gasteiger partial charge in [0.1, 0.15) is 11.6 Å². The molecule has 1 fully saturated rings. The second-order valence-corrected chi connectivity index (χ2v) is 7.98. The molecule has 2 aromatic carbocycles. The van der Waals surface area contributed by atoms with E-state index in [4.69, 9.17) is 9.72 Å². The molecule has 2 heterocycles. The highest BCUT2D eigenvalue weighted by Gasteiger charge is 2.15. The number of para-hydroxylation sites is 1. The Labute approximate surface area is 188 Å². The molecule has 4 rings (SSSR count). The van der Waals surface area contributed by atoms with Gasteiger partial charge in [0.15, 0.2) is 0 Å². The lowest BCUT2D eigenvalue weighted by Gasteiger charge is -2.27. The first-order chi connectivity index (χ1) is 15.6. The summed E-state index contributed by atoms with van der Waals surface area (Å²) >= 11 is 0. The van der Waals surface area contributed by atoms with E-state index in [2.05, 4.69) is 20.5 Å². The van der Waals surface area contributed by atoms with Gasteiger partial charge in [0, 0.05) is 41.8 Å². The van der Waals surface area contributed by atoms with Crippen LogP contribution in [0.3, 0.4) is 0 Å². The maximum atomic E-state index is 12.4. The highest BCUT2D eigenvalue weighted by molar-refractivity contribution is 5.92. The molecule has 3 aromatic rings. The lowest BCUT2D eigenvalue weighted by Crippen LogP contribution is -2.31. The fourth-order valence-corrected chi connectivity index (χ4v) is 3.86. The van der Waals surface area contributed by atoms with Gasteiger partial charge in [-0.3, -0.25) is 4.79 Å². The molecule has 32 heavy (non-hydrogen) atoms. The largest absolute Gasteiger partial charge is 0.496 e. The Kier molecular flexibility index (Phi) is 6.84. The summed E-state index contributed by atoms with van der Waals surface area (Å²) in [5.41, 5.74) is 3.43. The second-order valence-electron chi connectivity index (χ2n) is 7.98. The van der Waals surface area contributed by atoms with E-state index < -0.39 is 0 Å². The van der Waals surface area contributed by atoms with Gasteiger partial charge in [-0.05, 0) is 56.5 Å². The van der Waals surface area contributed by atoms with Crippen LogP contribution in [0, 0.1) is 6.92 Å². The minimum atomic E-state index is -0.0900. The van der Waals surface area contributed by atoms with Gasteiger partial charge in [-0.2, -0.15) is 4.98 Å². The average molecular weight is 432 g/mol. The highest BCUT2D eigenvalue weighted by Crippen LogP contribution is 2.23. The van der Waals surface area contributed by atoms with Crippen molar-refractivity contribution < 1.29 is 9.53 Å². The normalized spacial score (nSPS) is 13.5. The molecule has 0 unspecified atom stereocenters. The van der Waals surface area contributed by atoms with Crippen molar-refractivity contribution in [1.29, 1.82) is 0 Å². The molecule has 1 amide bonds. The molecule has 2 N–H and O–H groups in total. The molecule has 0 bridgehead atoms. The van der Waals surface area contributed by atoms with E-state index in [1.807, 2.05) is 61.5 Å². The minimum Gasteiger partial charge on any atom is -0.496 e. The van der Waals surface area contributed by atoms with Gasteiger partial charge in [0.05, 0.1) is 13.5 Å². The fraction of sp³-hybridized carbons (Fsp3) is 0.320. The number of aromatic nitrogens is 2. The molecule has 1 aliphatic heterocycles. The molecular formula is C25H29N5O2. The van der Waals surface area contributed by atoms with Crippen LogP contribution in [0.5, 0.6) is 5.75 Å². The van der Waals surface area contributed by atoms with Gasteiger partial charge in [-0.25, -0.2) is 4.98 Å². The highest BCUT2D eigenvalue weighted by atomic mass is 16.5. The van der Waals surface area contributed by atoms with Crippen molar-refractivity contribution in [3.05, 3.63) is 65.9 Å². The second kappa shape index (κ2) is 10.1. The zero-order valence-corrected chi connectivity index (χ0v) is 18.6. The van der Waals surface area contributed by atoms with E-state index >= 15 is 0 Å². The van der Waals surface area contributed by atoms with Crippen LogP contribution in [0.4, 0.5) is 23.1 Å². The molecule has 0 spiro atoms. The van der Waals surface area contributed by atoms with Crippen molar-refractivity contribution in [3.8, 4) is 5.75 Å². The van der Waals surface area contributed by atoms with Crippen LogP contribution in [0.15, 0.2) is 54.6 Å². The molecule has 0 aliphatic carbocycles. The van der Waals surface area contributed by atoms with Crippen LogP contribution in [-0.2, 0) is 11.2 Å². The molecule has 1 aliphatic rings. The summed E-state index contributed by atoms with van der Waals surface area (Å²) < 4.78 is 5.32. The van der Waals surface area contributed by atoms with E-state index in [1.54, 1.807) is 7.11 Å². The van der Waals surface area contributed by atoms with E-state index in [1.165, 1.54) is 19.3 Å². The first-order valence-corrected chi connectivity index (χ1v) is 11.0. The predicted molar refractivity (Wildman–Crippen MR) is 128 cm³/mol. The van der Waals surface area contributed by atoms with Crippen molar-refractivity contribution in [2.75, 3.05) is 35.7 Å². The smallest absolute Gasteiger partial charge is 0.228 e. The Bertz CT molecular complexity index is 1060. The van der Waals surface area contributed by atoms with Crippen molar-refractivity contribution in [2.45, 2.75) is 32.6 Å². The van der Waals surface area contributed by atoms with Crippen LogP contribution < -0.4 is 20.3 Å². The first-order valence-electron chi connectivity index (χ1n) is 11.0. The lowest BCUT2D eigenvalue weighted by atomic mass is 10.1. The number of ether oxygens (including phenoxy) is 1. The number of nitrogens with zero attached hydrogens (tertiary/aromatic N) is 3. The summed E-state index contributed by atoms with van der Waals surface area (Å²) in [5.74, 6) is 2.18. The zero-order valence-electron chi connectivity index (χ0n) is 18.6. The number of anilines is 4. The van der Waals surface area contributed by atoms with Gasteiger partial charge >= 0.3 is 0 Å². The van der Waals surface area contributed by atoms with Crippen molar-refractivity contribution >= 4 is 29.0 Å². The molecule has 0 saturated carbocycles. The number of methoxy groups -OCH3 is 1. The lowest BCUT2D eigenvalue weighted by molar-refractivity contribution is -0.115. The summed E-state index contributed by atoms with van der Waals surface area (Å²) in [4.78, 5) is 24.0. The van der Waals surface area contributed by atoms with Gasteiger partial charge in [-0.1, -0.05) is 18.2 Å². The molecule has 0 radical (unpaired) electrons. The maximum Gasteiger partial charge on any atom is 0.228 e. The molecular weight excluding hydrogens is 402 g/mol. The maximum absolute atomic E-state index is 12.4. The SMILES string of the molecule is COc1ccccc1CC(=O)Nc1ccc(Nc2cc(C)nc(N3CCCCC3)n2)cc1. The van der Waals surface area contributed by atoms with Gasteiger partial charge in [0.2, 0.25) is 11.9 Å². The summed E-state index contributed by atoms with van der Waals surface area (Å²) in [5, 5.41) is 6.29. The van der Waals surface area contributed by atoms with E-state index in [-0.39, 0.29) is 12.3 Å². The minimum absolute atomic E-state index is 0.0900. The standard InChI is InChI=1S/C25H29N5O2/c1-18-16-23(29-25(26-18)30-14-6-3-7-15-30)27-20-10-12-21(13-11-20)28-24(31)17-19-8-4-5-9-22(19)32-2/h4-5,8-13,16H,3,6-7,14-15,17H2,1-2H3,(H,28,31)(H,26,27,29). The van der Waals surface area contributed by atoms with Gasteiger partial charge in [-0.15, -0.1) is 0 Å². The predicted octanol–water partition coefficient (Wildman–Crippen LogP) is 4.71. The number of carbonyl (C=O) groups excluding carboxylic acids is 1. The van der Waals surface area contributed by atoms with E-state index in [9.17, 15) is 4.79 Å². The molecule has 0 atom stereocenters. The molecule has 1 saturated heterocycles. The number of hydrogen-bond donors (Lipinski definition) is 2. The van der Waals surface area contributed by atoms with Crippen molar-refractivity contribution in [3.63, 3.8) is 0 Å². The monoisotopic (exact) mass is 431 g/mol. The van der Waals surface area contributed by atoms with Gasteiger partial charge < -0.3 is 20.3 Å². The average Bonchev–Trinajstić information content (AvgIpc) is 2.81. The third-order valence-electron chi connectivity index (χ3n) is 5.47. The number of amides is 1. The summed E-state index contributed by atoms with van der Waals surface area (Å²) in [6, 6.07) is 17.1. The molecule has 1 aromatic heterocycles. The Morgan fingerprint density at radius 3 is 2.47 bits per heavy atom. The van der Waals surface area contributed by atoms with Crippen LogP contribution >= 0.6 is 0 Å².